The van der Waals surface area contributed by atoms with E-state index in [-0.39, 0.29) is 23.2 Å². The zero-order valence-electron chi connectivity index (χ0n) is 35.2. The SMILES string of the molecule is CC(C)(C)c1ccc2c(c1)c1c(n2C2=C(C3N=C(C4=CC=CCC4)NC(C4=CC=CCC4)N3)C=C(C3=CC=CCC3C3=CC=CCC3)CC2)C=CC(C(C)(C)C)C1. The molecule has 7 aliphatic rings. The lowest BCUT2D eigenvalue weighted by Gasteiger charge is -2.37. The van der Waals surface area contributed by atoms with Gasteiger partial charge in [-0.25, -0.2) is 4.99 Å². The van der Waals surface area contributed by atoms with Crippen LogP contribution >= 0.6 is 0 Å². The minimum Gasteiger partial charge on any atom is -0.351 e. The number of benzene rings is 1. The van der Waals surface area contributed by atoms with E-state index in [0.717, 1.165) is 70.0 Å². The van der Waals surface area contributed by atoms with Crippen LogP contribution in [0, 0.1) is 17.3 Å². The van der Waals surface area contributed by atoms with Crippen LogP contribution in [0.3, 0.4) is 0 Å². The number of rotatable bonds is 6. The summed E-state index contributed by atoms with van der Waals surface area (Å²) >= 11 is 0. The molecule has 0 saturated heterocycles. The Morgan fingerprint density at radius 2 is 1.49 bits per heavy atom. The molecule has 2 aromatic rings. The molecule has 1 aromatic carbocycles. The molecule has 0 amide bonds. The molecule has 57 heavy (non-hydrogen) atoms. The lowest BCUT2D eigenvalue weighted by Crippen LogP contribution is -2.56. The van der Waals surface area contributed by atoms with Crippen molar-refractivity contribution in [1.29, 1.82) is 0 Å². The van der Waals surface area contributed by atoms with E-state index in [1.54, 1.807) is 5.57 Å². The number of nitrogens with one attached hydrogen (secondary N) is 2. The van der Waals surface area contributed by atoms with Gasteiger partial charge in [0.2, 0.25) is 0 Å². The van der Waals surface area contributed by atoms with Gasteiger partial charge in [-0.15, -0.1) is 0 Å². The van der Waals surface area contributed by atoms with Gasteiger partial charge in [0.05, 0.1) is 5.52 Å². The van der Waals surface area contributed by atoms with Crippen molar-refractivity contribution in [2.75, 3.05) is 0 Å². The fraction of sp³-hybridized carbons (Fsp3) is 0.415. The van der Waals surface area contributed by atoms with E-state index >= 15 is 0 Å². The first-order valence-corrected chi connectivity index (χ1v) is 21.9. The smallest absolute Gasteiger partial charge is 0.131 e. The largest absolute Gasteiger partial charge is 0.351 e. The Hall–Kier alpha value is -4.67. The van der Waals surface area contributed by atoms with Crippen molar-refractivity contribution in [3.05, 3.63) is 154 Å². The molecule has 1 aromatic heterocycles. The Morgan fingerprint density at radius 1 is 0.754 bits per heavy atom. The molecule has 4 heteroatoms. The van der Waals surface area contributed by atoms with Gasteiger partial charge >= 0.3 is 0 Å². The fourth-order valence-corrected chi connectivity index (χ4v) is 10.0. The van der Waals surface area contributed by atoms with Gasteiger partial charge in [-0.2, -0.15) is 0 Å². The normalized spacial score (nSPS) is 26.4. The number of aromatic nitrogens is 1. The van der Waals surface area contributed by atoms with Crippen LogP contribution in [0.15, 0.2) is 142 Å². The second kappa shape index (κ2) is 15.3. The van der Waals surface area contributed by atoms with Gasteiger partial charge in [-0.3, -0.25) is 5.32 Å². The first kappa shape index (κ1) is 37.9. The summed E-state index contributed by atoms with van der Waals surface area (Å²) < 4.78 is 2.66. The monoisotopic (exact) mass is 754 g/mol. The summed E-state index contributed by atoms with van der Waals surface area (Å²) in [6, 6.07) is 7.33. The molecule has 2 N–H and O–H groups in total. The molecule has 2 heterocycles. The van der Waals surface area contributed by atoms with Crippen molar-refractivity contribution in [3.8, 4) is 0 Å². The lowest BCUT2D eigenvalue weighted by atomic mass is 9.74. The van der Waals surface area contributed by atoms with Crippen LogP contribution < -0.4 is 10.6 Å². The van der Waals surface area contributed by atoms with Crippen LogP contribution in [0.2, 0.25) is 0 Å². The maximum absolute atomic E-state index is 5.66. The molecule has 0 radical (unpaired) electrons. The molecule has 0 spiro atoms. The van der Waals surface area contributed by atoms with Gasteiger partial charge in [0.25, 0.3) is 0 Å². The zero-order valence-corrected chi connectivity index (χ0v) is 35.2. The molecule has 1 aliphatic heterocycles. The van der Waals surface area contributed by atoms with Crippen LogP contribution in [0.25, 0.3) is 22.7 Å². The highest BCUT2D eigenvalue weighted by Gasteiger charge is 2.36. The molecule has 0 bridgehead atoms. The Bertz CT molecular complexity index is 2330. The fourth-order valence-electron chi connectivity index (χ4n) is 10.0. The summed E-state index contributed by atoms with van der Waals surface area (Å²) in [5.41, 5.74) is 15.7. The van der Waals surface area contributed by atoms with Gasteiger partial charge in [-0.1, -0.05) is 138 Å². The highest BCUT2D eigenvalue weighted by molar-refractivity contribution is 6.00. The summed E-state index contributed by atoms with van der Waals surface area (Å²) in [4.78, 5) is 5.66. The molecule has 6 aliphatic carbocycles. The number of nitrogens with zero attached hydrogens (tertiary/aromatic N) is 2. The van der Waals surface area contributed by atoms with E-state index in [4.69, 9.17) is 4.99 Å². The van der Waals surface area contributed by atoms with Crippen LogP contribution in [-0.2, 0) is 11.8 Å². The molecule has 4 nitrogen and oxygen atoms in total. The lowest BCUT2D eigenvalue weighted by molar-refractivity contribution is 0.291. The predicted molar refractivity (Wildman–Crippen MR) is 243 cm³/mol. The maximum Gasteiger partial charge on any atom is 0.131 e. The summed E-state index contributed by atoms with van der Waals surface area (Å²) in [6.07, 6.45) is 45.5. The molecule has 9 rings (SSSR count). The Labute approximate surface area is 341 Å². The van der Waals surface area contributed by atoms with Gasteiger partial charge < -0.3 is 9.88 Å². The standard InChI is InChI=1S/C53H62N4/c1-52(2,3)39-27-30-46-43(33-39)44-34-40(53(4,5)6)28-31-47(44)57(46)48-29-26-38(42-25-17-16-24-41(42)35-18-10-7-11-19-35)32-45(48)51-55-49(36-20-12-8-13-21-36)54-50(56-51)37-22-14-9-15-23-37/h7-10,12,14,16-18,20,22,25,27-28,30-33,40-41,49,51,55H,11,13,15,19,21,23-24,26,29,34H2,1-6H3,(H,54,56). The average Bonchev–Trinajstić information content (AvgIpc) is 3.56. The Kier molecular flexibility index (Phi) is 10.1. The number of amidine groups is 1. The molecule has 294 valence electrons. The van der Waals surface area contributed by atoms with Crippen LogP contribution in [-0.4, -0.2) is 22.7 Å². The van der Waals surface area contributed by atoms with Crippen LogP contribution in [0.4, 0.5) is 0 Å². The van der Waals surface area contributed by atoms with Crippen molar-refractivity contribution in [2.24, 2.45) is 22.2 Å². The van der Waals surface area contributed by atoms with E-state index in [0.29, 0.717) is 11.8 Å². The quantitative estimate of drug-likeness (QED) is 0.308. The van der Waals surface area contributed by atoms with E-state index in [1.165, 1.54) is 61.3 Å². The number of allylic oxidation sites excluding steroid dienone is 17. The van der Waals surface area contributed by atoms with Crippen molar-refractivity contribution in [3.63, 3.8) is 0 Å². The van der Waals surface area contributed by atoms with E-state index in [9.17, 15) is 0 Å². The minimum atomic E-state index is -0.206. The summed E-state index contributed by atoms with van der Waals surface area (Å²) in [5.74, 6) is 1.94. The van der Waals surface area contributed by atoms with Crippen molar-refractivity contribution in [2.45, 2.75) is 123 Å². The molecular weight excluding hydrogens is 693 g/mol. The van der Waals surface area contributed by atoms with Crippen LogP contribution in [0.1, 0.15) is 116 Å². The molecular formula is C53H62N4. The minimum absolute atomic E-state index is 0.00708. The van der Waals surface area contributed by atoms with Crippen molar-refractivity contribution >= 4 is 28.5 Å². The zero-order chi connectivity index (χ0) is 39.3. The second-order valence-corrected chi connectivity index (χ2v) is 19.3. The number of hydrogen-bond donors (Lipinski definition) is 2. The third-order valence-electron chi connectivity index (χ3n) is 13.5. The van der Waals surface area contributed by atoms with Gasteiger partial charge in [-0.05, 0) is 133 Å². The first-order chi connectivity index (χ1) is 27.5. The van der Waals surface area contributed by atoms with Crippen LogP contribution in [0.5, 0.6) is 0 Å². The van der Waals surface area contributed by atoms with Crippen molar-refractivity contribution in [1.82, 2.24) is 15.2 Å². The summed E-state index contributed by atoms with van der Waals surface area (Å²) in [7, 11) is 0. The highest BCUT2D eigenvalue weighted by Crippen LogP contribution is 2.46. The predicted octanol–water partition coefficient (Wildman–Crippen LogP) is 12.7. The number of fused-ring (bicyclic) bond motifs is 3. The number of hydrogen-bond acceptors (Lipinski definition) is 3. The van der Waals surface area contributed by atoms with E-state index in [2.05, 4.69) is 166 Å². The highest BCUT2D eigenvalue weighted by atomic mass is 15.3. The van der Waals surface area contributed by atoms with Gasteiger partial charge in [0.1, 0.15) is 18.2 Å². The van der Waals surface area contributed by atoms with Gasteiger partial charge in [0.15, 0.2) is 0 Å². The Balaban J connectivity index is 1.27. The van der Waals surface area contributed by atoms with E-state index in [1.807, 2.05) is 0 Å². The number of aliphatic imine (C=N–C) groups is 1. The van der Waals surface area contributed by atoms with Gasteiger partial charge in [0, 0.05) is 28.3 Å². The Morgan fingerprint density at radius 3 is 2.19 bits per heavy atom. The topological polar surface area (TPSA) is 41.4 Å². The molecule has 0 fully saturated rings. The second-order valence-electron chi connectivity index (χ2n) is 19.3. The average molecular weight is 755 g/mol. The molecule has 4 atom stereocenters. The third-order valence-corrected chi connectivity index (χ3v) is 13.5. The third kappa shape index (κ3) is 7.47. The summed E-state index contributed by atoms with van der Waals surface area (Å²) in [6.45, 7) is 14.2. The summed E-state index contributed by atoms with van der Waals surface area (Å²) in [5, 5.41) is 9.41. The van der Waals surface area contributed by atoms with Crippen molar-refractivity contribution < 1.29 is 0 Å². The molecule has 0 saturated carbocycles. The maximum atomic E-state index is 5.66. The van der Waals surface area contributed by atoms with E-state index < -0.39 is 0 Å². The first-order valence-electron chi connectivity index (χ1n) is 21.9. The molecule has 4 unspecified atom stereocenters.